The molecule has 0 spiro atoms. The van der Waals surface area contributed by atoms with Gasteiger partial charge in [-0.2, -0.15) is 0 Å². The van der Waals surface area contributed by atoms with Crippen LogP contribution in [-0.2, 0) is 0 Å². The van der Waals surface area contributed by atoms with Gasteiger partial charge in [-0.1, -0.05) is 129 Å². The van der Waals surface area contributed by atoms with Gasteiger partial charge in [0.1, 0.15) is 0 Å². The maximum absolute atomic E-state index is 3.46. The van der Waals surface area contributed by atoms with E-state index in [0.29, 0.717) is 0 Å². The average Bonchev–Trinajstić information content (AvgIpc) is 2.89. The molecular weight excluding hydrogens is 544 g/mol. The van der Waals surface area contributed by atoms with E-state index in [2.05, 4.69) is 165 Å². The monoisotopic (exact) mass is 564 g/mol. The molecule has 0 unspecified atom stereocenters. The van der Waals surface area contributed by atoms with Crippen molar-refractivity contribution in [3.05, 3.63) is 142 Å². The zero-order valence-corrected chi connectivity index (χ0v) is 21.6. The summed E-state index contributed by atoms with van der Waals surface area (Å²) in [7, 11) is 0. The van der Waals surface area contributed by atoms with Gasteiger partial charge in [-0.05, 0) is 80.2 Å². The minimum atomic E-state index is 1.11. The molecule has 0 aliphatic heterocycles. The SMILES string of the molecule is Brc1ccc(-c2ccc3ccccc3c2)cc1.Brc1ccc(-c2ccc3ccccc3c2)cc1. The Labute approximate surface area is 217 Å². The highest BCUT2D eigenvalue weighted by molar-refractivity contribution is 9.10. The lowest BCUT2D eigenvalue weighted by Crippen LogP contribution is -1.78. The Morgan fingerprint density at radius 1 is 0.294 bits per heavy atom. The molecule has 0 aliphatic rings. The standard InChI is InChI=1S/2C16H11Br/c2*17-16-9-7-13(8-10-16)15-6-5-12-3-1-2-4-14(12)11-15/h2*1-11H. The molecule has 0 atom stereocenters. The summed E-state index contributed by atoms with van der Waals surface area (Å²) < 4.78 is 2.23. The predicted molar refractivity (Wildman–Crippen MR) is 154 cm³/mol. The average molecular weight is 566 g/mol. The third-order valence-corrected chi connectivity index (χ3v) is 6.91. The normalized spacial score (nSPS) is 10.6. The molecular formula is C32H22Br2. The molecule has 0 bridgehead atoms. The first kappa shape index (κ1) is 22.6. The molecule has 2 heteroatoms. The molecule has 0 heterocycles. The molecule has 6 aromatic rings. The van der Waals surface area contributed by atoms with Crippen molar-refractivity contribution in [2.45, 2.75) is 0 Å². The summed E-state index contributed by atoms with van der Waals surface area (Å²) in [6, 6.07) is 46.9. The van der Waals surface area contributed by atoms with Crippen LogP contribution in [0.15, 0.2) is 142 Å². The number of hydrogen-bond donors (Lipinski definition) is 0. The summed E-state index contributed by atoms with van der Waals surface area (Å²) in [6.07, 6.45) is 0. The second kappa shape index (κ2) is 10.4. The van der Waals surface area contributed by atoms with Crippen LogP contribution in [0.25, 0.3) is 43.8 Å². The van der Waals surface area contributed by atoms with Gasteiger partial charge in [0.25, 0.3) is 0 Å². The van der Waals surface area contributed by atoms with Gasteiger partial charge in [-0.3, -0.25) is 0 Å². The molecule has 0 radical (unpaired) electrons. The number of rotatable bonds is 2. The molecule has 6 rings (SSSR count). The Morgan fingerprint density at radius 2 is 0.618 bits per heavy atom. The second-order valence-corrected chi connectivity index (χ2v) is 9.97. The Hall–Kier alpha value is -3.20. The predicted octanol–water partition coefficient (Wildman–Crippen LogP) is 10.5. The van der Waals surface area contributed by atoms with Gasteiger partial charge in [0, 0.05) is 8.95 Å². The third-order valence-electron chi connectivity index (χ3n) is 5.85. The lowest BCUT2D eigenvalue weighted by Gasteiger charge is -2.04. The minimum absolute atomic E-state index is 1.11. The summed E-state index contributed by atoms with van der Waals surface area (Å²) in [4.78, 5) is 0. The lowest BCUT2D eigenvalue weighted by molar-refractivity contribution is 1.61. The van der Waals surface area contributed by atoms with Crippen molar-refractivity contribution in [2.24, 2.45) is 0 Å². The van der Waals surface area contributed by atoms with Crippen molar-refractivity contribution in [3.63, 3.8) is 0 Å². The Morgan fingerprint density at radius 3 is 1.00 bits per heavy atom. The van der Waals surface area contributed by atoms with Gasteiger partial charge < -0.3 is 0 Å². The largest absolute Gasteiger partial charge is 0.0616 e. The van der Waals surface area contributed by atoms with Gasteiger partial charge in [-0.15, -0.1) is 0 Å². The third kappa shape index (κ3) is 5.30. The number of benzene rings is 6. The quantitative estimate of drug-likeness (QED) is 0.196. The topological polar surface area (TPSA) is 0 Å². The van der Waals surface area contributed by atoms with Crippen molar-refractivity contribution in [1.82, 2.24) is 0 Å². The van der Waals surface area contributed by atoms with Crippen LogP contribution in [0.3, 0.4) is 0 Å². The van der Waals surface area contributed by atoms with Gasteiger partial charge >= 0.3 is 0 Å². The van der Waals surface area contributed by atoms with Crippen molar-refractivity contribution >= 4 is 53.4 Å². The lowest BCUT2D eigenvalue weighted by atomic mass is 10.0. The molecule has 0 amide bonds. The molecule has 0 aliphatic carbocycles. The van der Waals surface area contributed by atoms with Crippen LogP contribution in [-0.4, -0.2) is 0 Å². The molecule has 164 valence electrons. The molecule has 34 heavy (non-hydrogen) atoms. The van der Waals surface area contributed by atoms with Crippen LogP contribution in [0.5, 0.6) is 0 Å². The van der Waals surface area contributed by atoms with Crippen LogP contribution >= 0.6 is 31.9 Å². The van der Waals surface area contributed by atoms with Crippen molar-refractivity contribution in [1.29, 1.82) is 0 Å². The summed E-state index contributed by atoms with van der Waals surface area (Å²) >= 11 is 6.92. The highest BCUT2D eigenvalue weighted by Crippen LogP contribution is 2.26. The van der Waals surface area contributed by atoms with Crippen LogP contribution in [0, 0.1) is 0 Å². The Kier molecular flexibility index (Phi) is 6.89. The van der Waals surface area contributed by atoms with E-state index in [1.54, 1.807) is 0 Å². The molecule has 0 saturated carbocycles. The molecule has 0 aromatic heterocycles. The highest BCUT2D eigenvalue weighted by Gasteiger charge is 2.00. The summed E-state index contributed by atoms with van der Waals surface area (Å²) in [5, 5.41) is 5.14. The van der Waals surface area contributed by atoms with Gasteiger partial charge in [0.05, 0.1) is 0 Å². The van der Waals surface area contributed by atoms with Crippen molar-refractivity contribution < 1.29 is 0 Å². The van der Waals surface area contributed by atoms with E-state index >= 15 is 0 Å². The van der Waals surface area contributed by atoms with E-state index in [4.69, 9.17) is 0 Å². The van der Waals surface area contributed by atoms with Crippen molar-refractivity contribution in [3.8, 4) is 22.3 Å². The highest BCUT2D eigenvalue weighted by atomic mass is 79.9. The summed E-state index contributed by atoms with van der Waals surface area (Å²) in [5.41, 5.74) is 5.02. The van der Waals surface area contributed by atoms with Gasteiger partial charge in [-0.25, -0.2) is 0 Å². The van der Waals surface area contributed by atoms with E-state index in [1.165, 1.54) is 43.8 Å². The van der Waals surface area contributed by atoms with Crippen LogP contribution in [0.1, 0.15) is 0 Å². The zero-order valence-electron chi connectivity index (χ0n) is 18.5. The maximum atomic E-state index is 3.46. The molecule has 6 aromatic carbocycles. The number of halogens is 2. The van der Waals surface area contributed by atoms with E-state index in [0.717, 1.165) is 8.95 Å². The minimum Gasteiger partial charge on any atom is -0.0616 e. The van der Waals surface area contributed by atoms with Crippen LogP contribution < -0.4 is 0 Å². The first-order valence-corrected chi connectivity index (χ1v) is 12.7. The molecule has 0 saturated heterocycles. The Bertz CT molecular complexity index is 1430. The van der Waals surface area contributed by atoms with E-state index in [-0.39, 0.29) is 0 Å². The number of hydrogen-bond acceptors (Lipinski definition) is 0. The zero-order chi connectivity index (χ0) is 23.3. The van der Waals surface area contributed by atoms with E-state index in [1.807, 2.05) is 0 Å². The van der Waals surface area contributed by atoms with Gasteiger partial charge in [0.2, 0.25) is 0 Å². The first-order valence-electron chi connectivity index (χ1n) is 11.2. The first-order chi connectivity index (χ1) is 16.7. The smallest absolute Gasteiger partial charge is 0.0175 e. The second-order valence-electron chi connectivity index (χ2n) is 8.14. The fraction of sp³-hybridized carbons (Fsp3) is 0. The number of fused-ring (bicyclic) bond motifs is 2. The maximum Gasteiger partial charge on any atom is 0.0175 e. The summed E-state index contributed by atoms with van der Waals surface area (Å²) in [5.74, 6) is 0. The van der Waals surface area contributed by atoms with Gasteiger partial charge in [0.15, 0.2) is 0 Å². The molecule has 0 nitrogen and oxygen atoms in total. The fourth-order valence-electron chi connectivity index (χ4n) is 4.02. The van der Waals surface area contributed by atoms with Crippen molar-refractivity contribution in [2.75, 3.05) is 0 Å². The van der Waals surface area contributed by atoms with E-state index in [9.17, 15) is 0 Å². The Balaban J connectivity index is 0.000000142. The fourth-order valence-corrected chi connectivity index (χ4v) is 4.55. The van der Waals surface area contributed by atoms with Crippen LogP contribution in [0.4, 0.5) is 0 Å². The molecule has 0 N–H and O–H groups in total. The van der Waals surface area contributed by atoms with Crippen LogP contribution in [0.2, 0.25) is 0 Å². The van der Waals surface area contributed by atoms with E-state index < -0.39 is 0 Å². The molecule has 0 fully saturated rings. The summed E-state index contributed by atoms with van der Waals surface area (Å²) in [6.45, 7) is 0.